The third-order valence-corrected chi connectivity index (χ3v) is 1.56. The second-order valence-electron chi connectivity index (χ2n) is 2.64. The van der Waals surface area contributed by atoms with Crippen LogP contribution < -0.4 is 5.73 Å². The van der Waals surface area contributed by atoms with Gasteiger partial charge in [0.15, 0.2) is 0 Å². The number of alkyl halides is 3. The number of hydrogen-bond donors (Lipinski definition) is 2. The van der Waals surface area contributed by atoms with E-state index >= 15 is 0 Å². The molecule has 12 heavy (non-hydrogen) atoms. The van der Waals surface area contributed by atoms with E-state index in [0.717, 1.165) is 0 Å². The van der Waals surface area contributed by atoms with Gasteiger partial charge in [-0.1, -0.05) is 0 Å². The van der Waals surface area contributed by atoms with Crippen LogP contribution in [0, 0.1) is 6.92 Å². The molecule has 0 radical (unpaired) electrons. The number of rotatable bonds is 1. The van der Waals surface area contributed by atoms with Crippen molar-refractivity contribution >= 4 is 0 Å². The SMILES string of the molecule is Cc1cc(C(N)C(F)(F)F)c[nH]1. The molecule has 1 aromatic rings. The second kappa shape index (κ2) is 2.82. The number of hydrogen-bond acceptors (Lipinski definition) is 1. The summed E-state index contributed by atoms with van der Waals surface area (Å²) in [6, 6.07) is -0.500. The van der Waals surface area contributed by atoms with Crippen LogP contribution in [0.15, 0.2) is 12.3 Å². The number of nitrogens with two attached hydrogens (primary N) is 1. The number of aromatic nitrogens is 1. The molecule has 1 rings (SSSR count). The highest BCUT2D eigenvalue weighted by molar-refractivity contribution is 5.20. The fourth-order valence-corrected chi connectivity index (χ4v) is 0.899. The lowest BCUT2D eigenvalue weighted by Gasteiger charge is -2.13. The maximum atomic E-state index is 12.0. The molecule has 1 atom stereocenters. The van der Waals surface area contributed by atoms with E-state index in [-0.39, 0.29) is 5.56 Å². The smallest absolute Gasteiger partial charge is 0.365 e. The molecule has 0 bridgehead atoms. The Morgan fingerprint density at radius 2 is 2.08 bits per heavy atom. The van der Waals surface area contributed by atoms with Crippen molar-refractivity contribution in [3.05, 3.63) is 23.5 Å². The summed E-state index contributed by atoms with van der Waals surface area (Å²) in [5.74, 6) is 0. The fourth-order valence-electron chi connectivity index (χ4n) is 0.899. The maximum absolute atomic E-state index is 12.0. The van der Waals surface area contributed by atoms with Crippen molar-refractivity contribution in [3.63, 3.8) is 0 Å². The summed E-state index contributed by atoms with van der Waals surface area (Å²) < 4.78 is 36.0. The van der Waals surface area contributed by atoms with E-state index in [1.165, 1.54) is 12.3 Å². The predicted molar refractivity (Wildman–Crippen MR) is 38.5 cm³/mol. The molecular formula is C7H9F3N2. The molecule has 2 nitrogen and oxygen atoms in total. The first-order chi connectivity index (χ1) is 5.41. The lowest BCUT2D eigenvalue weighted by Crippen LogP contribution is -2.27. The van der Waals surface area contributed by atoms with Crippen molar-refractivity contribution in [2.75, 3.05) is 0 Å². The number of H-pyrrole nitrogens is 1. The van der Waals surface area contributed by atoms with Crippen LogP contribution in [0.2, 0.25) is 0 Å². The molecule has 68 valence electrons. The molecule has 3 N–H and O–H groups in total. The third kappa shape index (κ3) is 1.79. The molecule has 0 aliphatic heterocycles. The lowest BCUT2D eigenvalue weighted by molar-refractivity contribution is -0.149. The first kappa shape index (κ1) is 9.12. The summed E-state index contributed by atoms with van der Waals surface area (Å²) in [5, 5.41) is 0. The number of aryl methyl sites for hydroxylation is 1. The first-order valence-corrected chi connectivity index (χ1v) is 3.38. The van der Waals surface area contributed by atoms with Crippen LogP contribution in [0.3, 0.4) is 0 Å². The molecular weight excluding hydrogens is 169 g/mol. The number of aromatic amines is 1. The summed E-state index contributed by atoms with van der Waals surface area (Å²) in [5.41, 5.74) is 5.68. The summed E-state index contributed by atoms with van der Waals surface area (Å²) >= 11 is 0. The molecule has 0 aliphatic rings. The van der Waals surface area contributed by atoms with Crippen molar-refractivity contribution in [1.29, 1.82) is 0 Å². The van der Waals surface area contributed by atoms with Crippen LogP contribution in [0.5, 0.6) is 0 Å². The van der Waals surface area contributed by atoms with E-state index in [9.17, 15) is 13.2 Å². The largest absolute Gasteiger partial charge is 0.407 e. The molecule has 0 aromatic carbocycles. The van der Waals surface area contributed by atoms with Crippen molar-refractivity contribution < 1.29 is 13.2 Å². The van der Waals surface area contributed by atoms with Gasteiger partial charge in [-0.15, -0.1) is 0 Å². The van der Waals surface area contributed by atoms with Gasteiger partial charge in [0.25, 0.3) is 0 Å². The molecule has 0 fully saturated rings. The molecule has 1 aromatic heterocycles. The highest BCUT2D eigenvalue weighted by Crippen LogP contribution is 2.30. The fraction of sp³-hybridized carbons (Fsp3) is 0.429. The van der Waals surface area contributed by atoms with E-state index in [1.54, 1.807) is 6.92 Å². The van der Waals surface area contributed by atoms with E-state index in [4.69, 9.17) is 5.73 Å². The zero-order valence-corrected chi connectivity index (χ0v) is 6.44. The normalized spacial score (nSPS) is 14.8. The standard InChI is InChI=1S/C7H9F3N2/c1-4-2-5(3-12-4)6(11)7(8,9)10/h2-3,6,12H,11H2,1H3. The average Bonchev–Trinajstić information content (AvgIpc) is 2.32. The van der Waals surface area contributed by atoms with Crippen molar-refractivity contribution in [2.24, 2.45) is 5.73 Å². The van der Waals surface area contributed by atoms with Gasteiger partial charge in [0.1, 0.15) is 6.04 Å². The minimum Gasteiger partial charge on any atom is -0.365 e. The van der Waals surface area contributed by atoms with E-state index in [1.807, 2.05) is 0 Å². The van der Waals surface area contributed by atoms with Crippen LogP contribution >= 0.6 is 0 Å². The molecule has 1 unspecified atom stereocenters. The van der Waals surface area contributed by atoms with Gasteiger partial charge in [-0.2, -0.15) is 13.2 Å². The van der Waals surface area contributed by atoms with Gasteiger partial charge in [-0.25, -0.2) is 0 Å². The van der Waals surface area contributed by atoms with Crippen molar-refractivity contribution in [2.45, 2.75) is 19.1 Å². The van der Waals surface area contributed by atoms with Crippen LogP contribution in [0.25, 0.3) is 0 Å². The second-order valence-corrected chi connectivity index (χ2v) is 2.64. The minimum absolute atomic E-state index is 0.0694. The van der Waals surface area contributed by atoms with Crippen LogP contribution in [-0.2, 0) is 0 Å². The quantitative estimate of drug-likeness (QED) is 0.677. The van der Waals surface area contributed by atoms with Crippen molar-refractivity contribution in [3.8, 4) is 0 Å². The van der Waals surface area contributed by atoms with E-state index < -0.39 is 12.2 Å². The molecule has 5 heteroatoms. The van der Waals surface area contributed by atoms with Crippen LogP contribution in [0.1, 0.15) is 17.3 Å². The Balaban J connectivity index is 2.85. The molecule has 0 saturated carbocycles. The Bertz CT molecular complexity index is 264. The summed E-state index contributed by atoms with van der Waals surface area (Å²) in [6.07, 6.45) is -3.10. The first-order valence-electron chi connectivity index (χ1n) is 3.38. The zero-order chi connectivity index (χ0) is 9.35. The molecule has 0 amide bonds. The highest BCUT2D eigenvalue weighted by atomic mass is 19.4. The zero-order valence-electron chi connectivity index (χ0n) is 6.44. The Labute approximate surface area is 67.6 Å². The highest BCUT2D eigenvalue weighted by Gasteiger charge is 2.38. The number of halogens is 3. The molecule has 0 spiro atoms. The lowest BCUT2D eigenvalue weighted by atomic mass is 10.1. The van der Waals surface area contributed by atoms with Gasteiger partial charge in [0.2, 0.25) is 0 Å². The van der Waals surface area contributed by atoms with Gasteiger partial charge in [-0.3, -0.25) is 0 Å². The minimum atomic E-state index is -4.37. The van der Waals surface area contributed by atoms with Crippen LogP contribution in [0.4, 0.5) is 13.2 Å². The van der Waals surface area contributed by atoms with Gasteiger partial charge >= 0.3 is 6.18 Å². The predicted octanol–water partition coefficient (Wildman–Crippen LogP) is 1.89. The Kier molecular flexibility index (Phi) is 2.14. The van der Waals surface area contributed by atoms with E-state index in [2.05, 4.69) is 4.98 Å². The Morgan fingerprint density at radius 1 is 1.50 bits per heavy atom. The Morgan fingerprint density at radius 3 is 2.42 bits per heavy atom. The topological polar surface area (TPSA) is 41.8 Å². The third-order valence-electron chi connectivity index (χ3n) is 1.56. The van der Waals surface area contributed by atoms with Gasteiger partial charge in [0.05, 0.1) is 0 Å². The van der Waals surface area contributed by atoms with Gasteiger partial charge in [0, 0.05) is 11.9 Å². The van der Waals surface area contributed by atoms with E-state index in [0.29, 0.717) is 5.69 Å². The van der Waals surface area contributed by atoms with Gasteiger partial charge < -0.3 is 10.7 Å². The van der Waals surface area contributed by atoms with Gasteiger partial charge in [-0.05, 0) is 18.6 Å². The molecule has 1 heterocycles. The monoisotopic (exact) mass is 178 g/mol. The van der Waals surface area contributed by atoms with Crippen molar-refractivity contribution in [1.82, 2.24) is 4.98 Å². The summed E-state index contributed by atoms with van der Waals surface area (Å²) in [6.45, 7) is 1.67. The maximum Gasteiger partial charge on any atom is 0.407 e. The van der Waals surface area contributed by atoms with Crippen LogP contribution in [-0.4, -0.2) is 11.2 Å². The summed E-state index contributed by atoms with van der Waals surface area (Å²) in [4.78, 5) is 2.64. The molecule has 0 aliphatic carbocycles. The molecule has 0 saturated heterocycles. The number of nitrogens with one attached hydrogen (secondary N) is 1. The Hall–Kier alpha value is -0.970. The average molecular weight is 178 g/mol. The summed E-state index contributed by atoms with van der Waals surface area (Å²) in [7, 11) is 0.